The first kappa shape index (κ1) is 21.3. The number of halogens is 4. The van der Waals surface area contributed by atoms with E-state index in [-0.39, 0.29) is 24.8 Å². The average Bonchev–Trinajstić information content (AvgIpc) is 2.73. The molecular formula is C18H15Cl4Zr. The molecule has 0 saturated carbocycles. The quantitative estimate of drug-likeness (QED) is 0.543. The molecule has 0 heterocycles. The summed E-state index contributed by atoms with van der Waals surface area (Å²) in [6, 6.07) is 14.9. The van der Waals surface area contributed by atoms with Gasteiger partial charge in [0.2, 0.25) is 0 Å². The molecule has 5 heteroatoms. The van der Waals surface area contributed by atoms with Crippen LogP contribution >= 0.6 is 23.2 Å². The molecule has 0 nitrogen and oxygen atoms in total. The molecule has 0 amide bonds. The second-order valence-electron chi connectivity index (χ2n) is 5.42. The summed E-state index contributed by atoms with van der Waals surface area (Å²) in [6.07, 6.45) is 0. The number of alkyl halides is 2. The molecule has 0 aromatic heterocycles. The Bertz CT molecular complexity index is 723. The predicted octanol–water partition coefficient (Wildman–Crippen LogP) is -0.151. The molecule has 2 aromatic rings. The van der Waals surface area contributed by atoms with Crippen LogP contribution in [0.3, 0.4) is 0 Å². The summed E-state index contributed by atoms with van der Waals surface area (Å²) in [7, 11) is 0. The molecule has 0 saturated heterocycles. The van der Waals surface area contributed by atoms with E-state index in [1.54, 1.807) is 0 Å². The van der Waals surface area contributed by atoms with Crippen molar-refractivity contribution in [2.24, 2.45) is 0 Å². The minimum Gasteiger partial charge on any atom is -1.00 e. The van der Waals surface area contributed by atoms with Crippen molar-refractivity contribution in [1.82, 2.24) is 0 Å². The first-order valence-electron chi connectivity index (χ1n) is 6.91. The number of fused-ring (bicyclic) bond motifs is 1. The molecule has 0 bridgehead atoms. The van der Waals surface area contributed by atoms with E-state index in [9.17, 15) is 0 Å². The molecule has 1 aliphatic rings. The fourth-order valence-corrected chi connectivity index (χ4v) is 4.95. The molecule has 119 valence electrons. The Labute approximate surface area is 175 Å². The fraction of sp³-hybridized carbons (Fsp3) is 0.222. The molecule has 1 atom stereocenters. The fourth-order valence-electron chi connectivity index (χ4n) is 3.09. The van der Waals surface area contributed by atoms with Crippen LogP contribution in [-0.4, -0.2) is 4.84 Å². The second-order valence-corrected chi connectivity index (χ2v) is 7.93. The molecule has 2 aromatic carbocycles. The Morgan fingerprint density at radius 2 is 1.57 bits per heavy atom. The SMILES string of the molecule is CC1=C(C(Cl)Cl)c2c(-c3ccccc3)ccc(C)c2[CH]1[Zr+2].[Cl-].[Cl-]. The zero-order valence-electron chi connectivity index (χ0n) is 12.7. The van der Waals surface area contributed by atoms with E-state index in [1.807, 2.05) is 6.07 Å². The summed E-state index contributed by atoms with van der Waals surface area (Å²) in [5.41, 5.74) is 8.89. The monoisotopic (exact) mass is 461 g/mol. The average molecular weight is 464 g/mol. The van der Waals surface area contributed by atoms with Gasteiger partial charge in [-0.05, 0) is 0 Å². The van der Waals surface area contributed by atoms with E-state index in [4.69, 9.17) is 23.2 Å². The summed E-state index contributed by atoms with van der Waals surface area (Å²) in [6.45, 7) is 4.35. The molecule has 0 fully saturated rings. The molecule has 0 radical (unpaired) electrons. The van der Waals surface area contributed by atoms with Crippen LogP contribution in [0.1, 0.15) is 27.2 Å². The molecule has 23 heavy (non-hydrogen) atoms. The van der Waals surface area contributed by atoms with E-state index >= 15 is 0 Å². The third-order valence-corrected chi connectivity index (χ3v) is 6.39. The van der Waals surface area contributed by atoms with Crippen molar-refractivity contribution < 1.29 is 49.5 Å². The van der Waals surface area contributed by atoms with Crippen molar-refractivity contribution in [3.05, 3.63) is 64.7 Å². The van der Waals surface area contributed by atoms with Gasteiger partial charge in [-0.3, -0.25) is 0 Å². The molecule has 0 aliphatic heterocycles. The van der Waals surface area contributed by atoms with Gasteiger partial charge in [0.15, 0.2) is 0 Å². The van der Waals surface area contributed by atoms with E-state index in [1.165, 1.54) is 58.1 Å². The zero-order chi connectivity index (χ0) is 15.1. The van der Waals surface area contributed by atoms with E-state index in [0.717, 1.165) is 5.57 Å². The number of allylic oxidation sites excluding steroid dienone is 2. The Hall–Kier alpha value is 0.223. The Morgan fingerprint density at radius 3 is 2.13 bits per heavy atom. The number of rotatable bonds is 2. The molecule has 0 N–H and O–H groups in total. The summed E-state index contributed by atoms with van der Waals surface area (Å²) in [5.74, 6) is 0. The van der Waals surface area contributed by atoms with Crippen molar-refractivity contribution >= 4 is 28.8 Å². The van der Waals surface area contributed by atoms with Crippen molar-refractivity contribution in [3.63, 3.8) is 0 Å². The van der Waals surface area contributed by atoms with Gasteiger partial charge < -0.3 is 24.8 Å². The van der Waals surface area contributed by atoms with Gasteiger partial charge in [0, 0.05) is 0 Å². The molecular weight excluding hydrogens is 449 g/mol. The van der Waals surface area contributed by atoms with Crippen LogP contribution in [0, 0.1) is 6.92 Å². The Morgan fingerprint density at radius 1 is 0.957 bits per heavy atom. The van der Waals surface area contributed by atoms with Crippen molar-refractivity contribution in [2.45, 2.75) is 22.3 Å². The van der Waals surface area contributed by atoms with Crippen LogP contribution in [0.4, 0.5) is 0 Å². The van der Waals surface area contributed by atoms with Gasteiger partial charge in [-0.2, -0.15) is 0 Å². The van der Waals surface area contributed by atoms with Gasteiger partial charge in [0.1, 0.15) is 0 Å². The number of aryl methyl sites for hydroxylation is 1. The van der Waals surface area contributed by atoms with E-state index in [0.29, 0.717) is 3.63 Å². The Kier molecular flexibility index (Phi) is 7.90. The molecule has 1 unspecified atom stereocenters. The first-order valence-corrected chi connectivity index (χ1v) is 9.20. The maximum absolute atomic E-state index is 6.30. The molecule has 1 aliphatic carbocycles. The van der Waals surface area contributed by atoms with E-state index in [2.05, 4.69) is 50.2 Å². The predicted molar refractivity (Wildman–Crippen MR) is 87.4 cm³/mol. The van der Waals surface area contributed by atoms with Crippen LogP contribution in [0.5, 0.6) is 0 Å². The minimum atomic E-state index is -0.474. The third-order valence-electron chi connectivity index (χ3n) is 4.18. The van der Waals surface area contributed by atoms with Crippen molar-refractivity contribution in [3.8, 4) is 11.1 Å². The third kappa shape index (κ3) is 3.75. The van der Waals surface area contributed by atoms with Crippen LogP contribution < -0.4 is 24.8 Å². The van der Waals surface area contributed by atoms with Gasteiger partial charge in [-0.15, -0.1) is 0 Å². The van der Waals surface area contributed by atoms with Crippen molar-refractivity contribution in [2.75, 3.05) is 0 Å². The van der Waals surface area contributed by atoms with Gasteiger partial charge in [0.05, 0.1) is 0 Å². The Balaban J connectivity index is 0.00000132. The van der Waals surface area contributed by atoms with E-state index < -0.39 is 4.84 Å². The summed E-state index contributed by atoms with van der Waals surface area (Å²) in [4.78, 5) is -0.474. The number of hydrogen-bond donors (Lipinski definition) is 0. The normalized spacial score (nSPS) is 16.0. The maximum Gasteiger partial charge on any atom is -1.00 e. The van der Waals surface area contributed by atoms with Gasteiger partial charge in [0.25, 0.3) is 0 Å². The smallest absolute Gasteiger partial charge is 1.00 e. The van der Waals surface area contributed by atoms with Crippen LogP contribution in [0.25, 0.3) is 16.7 Å². The molecule has 0 spiro atoms. The molecule has 3 rings (SSSR count). The maximum atomic E-state index is 6.30. The van der Waals surface area contributed by atoms with Gasteiger partial charge in [-0.1, -0.05) is 0 Å². The summed E-state index contributed by atoms with van der Waals surface area (Å²) >= 11 is 14.1. The number of hydrogen-bond acceptors (Lipinski definition) is 0. The van der Waals surface area contributed by atoms with Crippen LogP contribution in [-0.2, 0) is 24.7 Å². The second kappa shape index (κ2) is 8.55. The van der Waals surface area contributed by atoms with Crippen LogP contribution in [0.15, 0.2) is 48.0 Å². The standard InChI is InChI=1S/C18H15Cl2.2ClH.Zr/c1-11-8-9-14(13-6-4-3-5-7-13)17-15(11)10-12(2)16(17)18(19)20;;;/h3-10,18H,1-2H3;2*1H;/q;;;+2/p-2. The van der Waals surface area contributed by atoms with Gasteiger partial charge >= 0.3 is 152 Å². The minimum absolute atomic E-state index is 0. The number of benzene rings is 2. The van der Waals surface area contributed by atoms with Crippen molar-refractivity contribution in [1.29, 1.82) is 0 Å². The largest absolute Gasteiger partial charge is 1.00 e. The summed E-state index contributed by atoms with van der Waals surface area (Å²) in [5, 5.41) is 0. The van der Waals surface area contributed by atoms with Crippen LogP contribution in [0.2, 0.25) is 0 Å². The topological polar surface area (TPSA) is 0 Å². The summed E-state index contributed by atoms with van der Waals surface area (Å²) < 4.78 is 0.464. The zero-order valence-corrected chi connectivity index (χ0v) is 18.2. The van der Waals surface area contributed by atoms with Gasteiger partial charge in [-0.25, -0.2) is 0 Å². The first-order chi connectivity index (χ1) is 10.0.